The zero-order chi connectivity index (χ0) is 22.9. The maximum absolute atomic E-state index is 13.6. The number of nitrogens with zero attached hydrogens (tertiary/aromatic N) is 3. The number of hydrogen-bond acceptors (Lipinski definition) is 4. The smallest absolute Gasteiger partial charge is 0.386 e. The van der Waals surface area contributed by atoms with Gasteiger partial charge in [0.15, 0.2) is 0 Å². The molecule has 9 heteroatoms. The molecular weight excluding hydrogens is 421 g/mol. The lowest BCUT2D eigenvalue weighted by Crippen LogP contribution is -2.61. The lowest BCUT2D eigenvalue weighted by molar-refractivity contribution is -0.138. The monoisotopic (exact) mass is 442 g/mol. The number of alkyl halides is 3. The molecule has 6 nitrogen and oxygen atoms in total. The zero-order valence-corrected chi connectivity index (χ0v) is 17.3. The normalized spacial score (nSPS) is 14.2. The topological polar surface area (TPSA) is 65.5 Å². The molecule has 0 atom stereocenters. The number of carbonyl (C=O) groups excluding carboxylic acids is 2. The minimum atomic E-state index is -4.62. The number of para-hydroxylation sites is 1. The minimum absolute atomic E-state index is 0.145. The summed E-state index contributed by atoms with van der Waals surface area (Å²) in [6.45, 7) is 0.337. The molecule has 32 heavy (non-hydrogen) atoms. The van der Waals surface area contributed by atoms with E-state index in [1.165, 1.54) is 19.2 Å². The van der Waals surface area contributed by atoms with Gasteiger partial charge in [-0.2, -0.15) is 13.2 Å². The van der Waals surface area contributed by atoms with Gasteiger partial charge in [0.1, 0.15) is 0 Å². The second kappa shape index (κ2) is 8.49. The molecule has 1 aliphatic heterocycles. The predicted molar refractivity (Wildman–Crippen MR) is 115 cm³/mol. The molecule has 2 aromatic carbocycles. The van der Waals surface area contributed by atoms with E-state index in [-0.39, 0.29) is 36.8 Å². The van der Waals surface area contributed by atoms with Crippen LogP contribution in [0, 0.1) is 0 Å². The number of rotatable bonds is 6. The Labute approximate surface area is 182 Å². The van der Waals surface area contributed by atoms with Crippen LogP contribution in [0.2, 0.25) is 0 Å². The molecule has 0 saturated carbocycles. The van der Waals surface area contributed by atoms with Crippen LogP contribution < -0.4 is 10.2 Å². The molecule has 4 rings (SSSR count). The number of halogens is 3. The Balaban J connectivity index is 1.48. The second-order valence-electron chi connectivity index (χ2n) is 7.62. The number of likely N-dealkylation sites (tertiary alicyclic amines) is 1. The van der Waals surface area contributed by atoms with E-state index >= 15 is 0 Å². The average molecular weight is 442 g/mol. The van der Waals surface area contributed by atoms with E-state index in [4.69, 9.17) is 0 Å². The largest absolute Gasteiger partial charge is 0.418 e. The van der Waals surface area contributed by atoms with Gasteiger partial charge in [0.05, 0.1) is 34.9 Å². The summed E-state index contributed by atoms with van der Waals surface area (Å²) < 4.78 is 40.7. The molecule has 1 saturated heterocycles. The van der Waals surface area contributed by atoms with Crippen LogP contribution >= 0.6 is 0 Å². The molecule has 0 unspecified atom stereocenters. The first-order valence-electron chi connectivity index (χ1n) is 10.0. The molecule has 2 amide bonds. The highest BCUT2D eigenvalue weighted by atomic mass is 19.4. The van der Waals surface area contributed by atoms with Gasteiger partial charge in [0.25, 0.3) is 0 Å². The quantitative estimate of drug-likeness (QED) is 0.591. The van der Waals surface area contributed by atoms with Gasteiger partial charge >= 0.3 is 6.18 Å². The molecule has 1 aromatic heterocycles. The van der Waals surface area contributed by atoms with Gasteiger partial charge < -0.3 is 15.1 Å². The Bertz CT molecular complexity index is 1160. The number of pyridine rings is 1. The highest BCUT2D eigenvalue weighted by Crippen LogP contribution is 2.41. The van der Waals surface area contributed by atoms with Crippen LogP contribution in [0.3, 0.4) is 0 Å². The summed E-state index contributed by atoms with van der Waals surface area (Å²) in [6.07, 6.45) is -2.36. The van der Waals surface area contributed by atoms with Gasteiger partial charge in [-0.05, 0) is 35.9 Å². The van der Waals surface area contributed by atoms with Crippen molar-refractivity contribution in [3.05, 3.63) is 65.9 Å². The zero-order valence-electron chi connectivity index (χ0n) is 17.3. The standard InChI is InChI=1S/C23H21F3N4O2/c1-27-20-6-2-5-18(23(24,25)26)22(20)30(14-31)17-12-29(13-17)21(32)11-15-7-8-19-16(10-15)4-3-9-28-19/h2-10,14,17,27H,11-13H2,1H3. The fourth-order valence-corrected chi connectivity index (χ4v) is 3.93. The third kappa shape index (κ3) is 4.10. The molecule has 166 valence electrons. The molecule has 2 heterocycles. The van der Waals surface area contributed by atoms with Crippen molar-refractivity contribution in [2.24, 2.45) is 0 Å². The van der Waals surface area contributed by atoms with E-state index in [0.29, 0.717) is 6.41 Å². The Morgan fingerprint density at radius 3 is 2.69 bits per heavy atom. The first-order valence-corrected chi connectivity index (χ1v) is 10.0. The summed E-state index contributed by atoms with van der Waals surface area (Å²) in [5, 5.41) is 3.65. The SMILES string of the molecule is CNc1cccc(C(F)(F)F)c1N(C=O)C1CN(C(=O)Cc2ccc3ncccc3c2)C1. The average Bonchev–Trinajstić information content (AvgIpc) is 2.74. The fraction of sp³-hybridized carbons (Fsp3) is 0.261. The number of benzene rings is 2. The summed E-state index contributed by atoms with van der Waals surface area (Å²) in [6, 6.07) is 12.5. The maximum Gasteiger partial charge on any atom is 0.418 e. The highest BCUT2D eigenvalue weighted by Gasteiger charge is 2.41. The van der Waals surface area contributed by atoms with Crippen LogP contribution in [-0.4, -0.2) is 48.4 Å². The van der Waals surface area contributed by atoms with Crippen LogP contribution in [0.4, 0.5) is 24.5 Å². The summed E-state index contributed by atoms with van der Waals surface area (Å²) >= 11 is 0. The molecule has 0 bridgehead atoms. The van der Waals surface area contributed by atoms with Gasteiger partial charge in [-0.25, -0.2) is 0 Å². The number of amides is 2. The molecule has 3 aromatic rings. The van der Waals surface area contributed by atoms with Gasteiger partial charge in [0, 0.05) is 31.7 Å². The van der Waals surface area contributed by atoms with E-state index in [2.05, 4.69) is 10.3 Å². The number of anilines is 2. The number of carbonyl (C=O) groups is 2. The van der Waals surface area contributed by atoms with Gasteiger partial charge in [-0.1, -0.05) is 18.2 Å². The number of aromatic nitrogens is 1. The highest BCUT2D eigenvalue weighted by molar-refractivity contribution is 5.88. The van der Waals surface area contributed by atoms with Crippen LogP contribution in [-0.2, 0) is 22.2 Å². The molecule has 1 fully saturated rings. The Morgan fingerprint density at radius 1 is 1.22 bits per heavy atom. The molecular formula is C23H21F3N4O2. The van der Waals surface area contributed by atoms with Crippen molar-refractivity contribution in [1.82, 2.24) is 9.88 Å². The number of nitrogens with one attached hydrogen (secondary N) is 1. The lowest BCUT2D eigenvalue weighted by atomic mass is 10.0. The summed E-state index contributed by atoms with van der Waals surface area (Å²) in [4.78, 5) is 31.4. The summed E-state index contributed by atoms with van der Waals surface area (Å²) in [5.41, 5.74) is 0.730. The first kappa shape index (κ1) is 21.6. The van der Waals surface area contributed by atoms with Crippen molar-refractivity contribution in [1.29, 1.82) is 0 Å². The van der Waals surface area contributed by atoms with Crippen LogP contribution in [0.25, 0.3) is 10.9 Å². The van der Waals surface area contributed by atoms with E-state index in [1.807, 2.05) is 30.3 Å². The Kier molecular flexibility index (Phi) is 5.73. The summed E-state index contributed by atoms with van der Waals surface area (Å²) in [7, 11) is 1.50. The minimum Gasteiger partial charge on any atom is -0.386 e. The molecule has 1 N–H and O–H groups in total. The first-order chi connectivity index (χ1) is 15.3. The summed E-state index contributed by atoms with van der Waals surface area (Å²) in [5.74, 6) is -0.145. The molecule has 0 radical (unpaired) electrons. The van der Waals surface area contributed by atoms with Gasteiger partial charge in [-0.15, -0.1) is 0 Å². The van der Waals surface area contributed by atoms with Crippen LogP contribution in [0.15, 0.2) is 54.7 Å². The molecule has 0 spiro atoms. The Morgan fingerprint density at radius 2 is 2.00 bits per heavy atom. The maximum atomic E-state index is 13.6. The van der Waals surface area contributed by atoms with Crippen molar-refractivity contribution >= 4 is 34.6 Å². The van der Waals surface area contributed by atoms with E-state index in [1.54, 1.807) is 11.1 Å². The van der Waals surface area contributed by atoms with Crippen LogP contribution in [0.5, 0.6) is 0 Å². The van der Waals surface area contributed by atoms with Crippen molar-refractivity contribution < 1.29 is 22.8 Å². The van der Waals surface area contributed by atoms with E-state index in [0.717, 1.165) is 27.4 Å². The van der Waals surface area contributed by atoms with Crippen molar-refractivity contribution in [3.63, 3.8) is 0 Å². The third-order valence-corrected chi connectivity index (χ3v) is 5.61. The second-order valence-corrected chi connectivity index (χ2v) is 7.62. The fourth-order valence-electron chi connectivity index (χ4n) is 3.93. The van der Waals surface area contributed by atoms with E-state index in [9.17, 15) is 22.8 Å². The molecule has 1 aliphatic rings. The van der Waals surface area contributed by atoms with E-state index < -0.39 is 17.8 Å². The number of hydrogen-bond donors (Lipinski definition) is 1. The van der Waals surface area contributed by atoms with Crippen molar-refractivity contribution in [3.8, 4) is 0 Å². The number of fused-ring (bicyclic) bond motifs is 1. The third-order valence-electron chi connectivity index (χ3n) is 5.61. The van der Waals surface area contributed by atoms with Crippen molar-refractivity contribution in [2.45, 2.75) is 18.6 Å². The van der Waals surface area contributed by atoms with Crippen LogP contribution in [0.1, 0.15) is 11.1 Å². The van der Waals surface area contributed by atoms with Gasteiger partial charge in [0.2, 0.25) is 12.3 Å². The van der Waals surface area contributed by atoms with Gasteiger partial charge in [-0.3, -0.25) is 14.6 Å². The Hall–Kier alpha value is -3.62. The van der Waals surface area contributed by atoms with Crippen molar-refractivity contribution in [2.75, 3.05) is 30.4 Å². The molecule has 0 aliphatic carbocycles. The predicted octanol–water partition coefficient (Wildman–Crippen LogP) is 3.71. The lowest BCUT2D eigenvalue weighted by Gasteiger charge is -2.44.